The third-order valence-electron chi connectivity index (χ3n) is 4.20. The molecule has 17 heavy (non-hydrogen) atoms. The maximum Gasteiger partial charge on any atom is 0.131 e. The van der Waals surface area contributed by atoms with Crippen molar-refractivity contribution in [1.29, 1.82) is 0 Å². The summed E-state index contributed by atoms with van der Waals surface area (Å²) in [5.41, 5.74) is 0.624. The van der Waals surface area contributed by atoms with Crippen molar-refractivity contribution in [1.82, 2.24) is 0 Å². The molecule has 2 aliphatic carbocycles. The number of alkyl halides is 1. The Balaban J connectivity index is 1.78. The van der Waals surface area contributed by atoms with E-state index in [2.05, 4.69) is 0 Å². The summed E-state index contributed by atoms with van der Waals surface area (Å²) in [5, 5.41) is -0.186. The summed E-state index contributed by atoms with van der Waals surface area (Å²) in [5.74, 6) is 2.50. The van der Waals surface area contributed by atoms with Gasteiger partial charge in [0.05, 0.1) is 12.5 Å². The second kappa shape index (κ2) is 4.16. The van der Waals surface area contributed by atoms with E-state index in [1.54, 1.807) is 12.1 Å². The normalized spacial score (nSPS) is 32.1. The lowest BCUT2D eigenvalue weighted by Gasteiger charge is -2.19. The highest BCUT2D eigenvalue weighted by Gasteiger charge is 2.48. The summed E-state index contributed by atoms with van der Waals surface area (Å²) >= 11 is 6.42. The molecule has 0 spiro atoms. The molecular weight excluding hydrogens is 239 g/mol. The van der Waals surface area contributed by atoms with Crippen LogP contribution in [0.4, 0.5) is 4.39 Å². The SMILES string of the molecule is COc1ccc(C(Cl)C2CC3CC3C2)c(F)c1. The fourth-order valence-electron chi connectivity index (χ4n) is 3.11. The van der Waals surface area contributed by atoms with Gasteiger partial charge in [0, 0.05) is 11.6 Å². The first-order chi connectivity index (χ1) is 8.19. The largest absolute Gasteiger partial charge is 0.497 e. The van der Waals surface area contributed by atoms with Gasteiger partial charge in [-0.3, -0.25) is 0 Å². The molecule has 3 heteroatoms. The molecule has 92 valence electrons. The van der Waals surface area contributed by atoms with Crippen molar-refractivity contribution in [3.63, 3.8) is 0 Å². The van der Waals surface area contributed by atoms with Crippen molar-refractivity contribution in [2.24, 2.45) is 17.8 Å². The third-order valence-corrected chi connectivity index (χ3v) is 4.79. The van der Waals surface area contributed by atoms with Crippen molar-refractivity contribution >= 4 is 11.6 Å². The third kappa shape index (κ3) is 2.03. The molecule has 1 aromatic rings. The molecule has 0 N–H and O–H groups in total. The predicted octanol–water partition coefficient (Wildman–Crippen LogP) is 4.16. The first-order valence-corrected chi connectivity index (χ1v) is 6.60. The quantitative estimate of drug-likeness (QED) is 0.736. The Morgan fingerprint density at radius 1 is 1.29 bits per heavy atom. The van der Waals surface area contributed by atoms with Crippen LogP contribution >= 0.6 is 11.6 Å². The molecule has 0 radical (unpaired) electrons. The lowest BCUT2D eigenvalue weighted by Crippen LogP contribution is -2.08. The van der Waals surface area contributed by atoms with Crippen molar-refractivity contribution in [3.8, 4) is 5.75 Å². The number of ether oxygens (including phenoxy) is 1. The average Bonchev–Trinajstić information content (AvgIpc) is 2.95. The van der Waals surface area contributed by atoms with Gasteiger partial charge in [0.15, 0.2) is 0 Å². The Kier molecular flexibility index (Phi) is 2.78. The number of rotatable bonds is 3. The van der Waals surface area contributed by atoms with Crippen LogP contribution in [0.3, 0.4) is 0 Å². The number of fused-ring (bicyclic) bond motifs is 1. The molecule has 1 nitrogen and oxygen atoms in total. The molecule has 0 aromatic heterocycles. The van der Waals surface area contributed by atoms with Gasteiger partial charge < -0.3 is 4.74 Å². The predicted molar refractivity (Wildman–Crippen MR) is 65.9 cm³/mol. The fraction of sp³-hybridized carbons (Fsp3) is 0.571. The lowest BCUT2D eigenvalue weighted by atomic mass is 9.94. The zero-order valence-corrected chi connectivity index (χ0v) is 10.6. The van der Waals surface area contributed by atoms with Crippen LogP contribution in [0.25, 0.3) is 0 Å². The van der Waals surface area contributed by atoms with Crippen molar-refractivity contribution < 1.29 is 9.13 Å². The standard InChI is InChI=1S/C14H16ClFO/c1-17-11-2-3-12(13(16)7-11)14(15)10-5-8-4-9(8)6-10/h2-3,7-10,14H,4-6H2,1H3. The second-order valence-corrected chi connectivity index (χ2v) is 5.75. The van der Waals surface area contributed by atoms with Crippen LogP contribution in [-0.2, 0) is 0 Å². The summed E-state index contributed by atoms with van der Waals surface area (Å²) in [4.78, 5) is 0. The van der Waals surface area contributed by atoms with E-state index in [-0.39, 0.29) is 11.2 Å². The molecule has 3 atom stereocenters. The molecule has 3 rings (SSSR count). The van der Waals surface area contributed by atoms with E-state index in [4.69, 9.17) is 16.3 Å². The molecule has 2 fully saturated rings. The second-order valence-electron chi connectivity index (χ2n) is 5.28. The molecule has 2 aliphatic rings. The van der Waals surface area contributed by atoms with E-state index >= 15 is 0 Å². The van der Waals surface area contributed by atoms with Gasteiger partial charge in [-0.25, -0.2) is 4.39 Å². The van der Waals surface area contributed by atoms with Crippen molar-refractivity contribution in [2.45, 2.75) is 24.6 Å². The van der Waals surface area contributed by atoms with Gasteiger partial charge in [0.1, 0.15) is 11.6 Å². The minimum Gasteiger partial charge on any atom is -0.497 e. The summed E-state index contributed by atoms with van der Waals surface area (Å²) in [6, 6.07) is 4.96. The van der Waals surface area contributed by atoms with Gasteiger partial charge in [0.25, 0.3) is 0 Å². The molecular formula is C14H16ClFO. The zero-order valence-electron chi connectivity index (χ0n) is 9.83. The van der Waals surface area contributed by atoms with Crippen LogP contribution in [0.1, 0.15) is 30.2 Å². The van der Waals surface area contributed by atoms with Crippen LogP contribution < -0.4 is 4.74 Å². The minimum absolute atomic E-state index is 0.186. The molecule has 0 heterocycles. The number of benzene rings is 1. The summed E-state index contributed by atoms with van der Waals surface area (Å²) < 4.78 is 18.9. The van der Waals surface area contributed by atoms with E-state index in [0.717, 1.165) is 11.8 Å². The average molecular weight is 255 g/mol. The highest BCUT2D eigenvalue weighted by Crippen LogP contribution is 2.58. The fourth-order valence-corrected chi connectivity index (χ4v) is 3.50. The van der Waals surface area contributed by atoms with E-state index in [0.29, 0.717) is 17.2 Å². The van der Waals surface area contributed by atoms with Gasteiger partial charge in [-0.05, 0) is 43.1 Å². The van der Waals surface area contributed by atoms with Crippen LogP contribution in [0.2, 0.25) is 0 Å². The van der Waals surface area contributed by atoms with Crippen LogP contribution in [0.5, 0.6) is 5.75 Å². The number of halogens is 2. The number of hydrogen-bond acceptors (Lipinski definition) is 1. The first-order valence-electron chi connectivity index (χ1n) is 6.16. The van der Waals surface area contributed by atoms with Crippen molar-refractivity contribution in [2.75, 3.05) is 7.11 Å². The van der Waals surface area contributed by atoms with E-state index in [1.807, 2.05) is 0 Å². The molecule has 3 unspecified atom stereocenters. The first kappa shape index (κ1) is 11.3. The van der Waals surface area contributed by atoms with Gasteiger partial charge in [-0.1, -0.05) is 6.07 Å². The number of methoxy groups -OCH3 is 1. The highest BCUT2D eigenvalue weighted by molar-refractivity contribution is 6.21. The minimum atomic E-state index is -0.245. The number of hydrogen-bond donors (Lipinski definition) is 0. The zero-order chi connectivity index (χ0) is 12.0. The smallest absolute Gasteiger partial charge is 0.131 e. The van der Waals surface area contributed by atoms with E-state index in [1.165, 1.54) is 32.4 Å². The molecule has 1 aromatic carbocycles. The molecule has 0 saturated heterocycles. The Bertz CT molecular complexity index is 424. The maximum absolute atomic E-state index is 13.9. The highest BCUT2D eigenvalue weighted by atomic mass is 35.5. The Morgan fingerprint density at radius 3 is 2.59 bits per heavy atom. The molecule has 2 saturated carbocycles. The van der Waals surface area contributed by atoms with Gasteiger partial charge in [0.2, 0.25) is 0 Å². The van der Waals surface area contributed by atoms with E-state index in [9.17, 15) is 4.39 Å². The van der Waals surface area contributed by atoms with Crippen LogP contribution in [0.15, 0.2) is 18.2 Å². The van der Waals surface area contributed by atoms with Gasteiger partial charge >= 0.3 is 0 Å². The molecule has 0 amide bonds. The van der Waals surface area contributed by atoms with Crippen LogP contribution in [-0.4, -0.2) is 7.11 Å². The Morgan fingerprint density at radius 2 is 2.00 bits per heavy atom. The van der Waals surface area contributed by atoms with E-state index < -0.39 is 0 Å². The molecule has 0 aliphatic heterocycles. The topological polar surface area (TPSA) is 9.23 Å². The van der Waals surface area contributed by atoms with Crippen molar-refractivity contribution in [3.05, 3.63) is 29.6 Å². The maximum atomic E-state index is 13.9. The summed E-state index contributed by atoms with van der Waals surface area (Å²) in [6.45, 7) is 0. The monoisotopic (exact) mass is 254 g/mol. The van der Waals surface area contributed by atoms with Crippen LogP contribution in [0, 0.1) is 23.6 Å². The van der Waals surface area contributed by atoms with Gasteiger partial charge in [-0.2, -0.15) is 0 Å². The summed E-state index contributed by atoms with van der Waals surface area (Å²) in [6.07, 6.45) is 3.71. The van der Waals surface area contributed by atoms with Gasteiger partial charge in [-0.15, -0.1) is 11.6 Å². The molecule has 0 bridgehead atoms. The lowest BCUT2D eigenvalue weighted by molar-refractivity contribution is 0.408. The Hall–Kier alpha value is -0.760. The summed E-state index contributed by atoms with van der Waals surface area (Å²) in [7, 11) is 1.54. The Labute approximate surface area is 106 Å².